The molecule has 0 radical (unpaired) electrons. The highest BCUT2D eigenvalue weighted by molar-refractivity contribution is 9.10. The van der Waals surface area contributed by atoms with Crippen LogP contribution in [0.15, 0.2) is 45.2 Å². The number of rotatable bonds is 7. The molecule has 0 bridgehead atoms. The Morgan fingerprint density at radius 1 is 1.37 bits per heavy atom. The van der Waals surface area contributed by atoms with Crippen LogP contribution in [0.25, 0.3) is 0 Å². The Morgan fingerprint density at radius 2 is 2.16 bits per heavy atom. The van der Waals surface area contributed by atoms with Crippen molar-refractivity contribution in [1.29, 1.82) is 0 Å². The normalized spacial score (nSPS) is 12.5. The zero-order valence-corrected chi connectivity index (χ0v) is 14.0. The van der Waals surface area contributed by atoms with Gasteiger partial charge in [-0.25, -0.2) is 4.98 Å². The lowest BCUT2D eigenvalue weighted by molar-refractivity contribution is 0.571. The fourth-order valence-electron chi connectivity index (χ4n) is 1.77. The van der Waals surface area contributed by atoms with Crippen LogP contribution in [0.4, 0.5) is 0 Å². The summed E-state index contributed by atoms with van der Waals surface area (Å²) in [6.07, 6.45) is 2.89. The van der Waals surface area contributed by atoms with Gasteiger partial charge in [-0.05, 0) is 30.8 Å². The minimum atomic E-state index is 0.477. The van der Waals surface area contributed by atoms with Gasteiger partial charge in [0.05, 0.1) is 5.01 Å². The average molecular weight is 357 g/mol. The SMILES string of the molecule is CCNC(CSc1ccc(Br)cc1)Cc1nccs1. The molecule has 1 unspecified atom stereocenters. The Morgan fingerprint density at radius 3 is 2.79 bits per heavy atom. The summed E-state index contributed by atoms with van der Waals surface area (Å²) in [6.45, 7) is 3.15. The zero-order chi connectivity index (χ0) is 13.5. The van der Waals surface area contributed by atoms with Gasteiger partial charge < -0.3 is 5.32 Å². The number of hydrogen-bond donors (Lipinski definition) is 1. The van der Waals surface area contributed by atoms with Gasteiger partial charge in [0, 0.05) is 39.2 Å². The van der Waals surface area contributed by atoms with Crippen molar-refractivity contribution in [1.82, 2.24) is 10.3 Å². The Balaban J connectivity index is 1.87. The standard InChI is InChI=1S/C14H17BrN2S2/c1-2-16-12(9-14-17-7-8-18-14)10-19-13-5-3-11(15)4-6-13/h3-8,12,16H,2,9-10H2,1H3. The second-order valence-electron chi connectivity index (χ2n) is 4.15. The van der Waals surface area contributed by atoms with E-state index in [1.807, 2.05) is 23.3 Å². The third-order valence-electron chi connectivity index (χ3n) is 2.66. The van der Waals surface area contributed by atoms with E-state index in [4.69, 9.17) is 0 Å². The minimum absolute atomic E-state index is 0.477. The number of halogens is 1. The van der Waals surface area contributed by atoms with Crippen molar-refractivity contribution >= 4 is 39.0 Å². The first-order valence-electron chi connectivity index (χ1n) is 6.28. The van der Waals surface area contributed by atoms with Gasteiger partial charge in [0.25, 0.3) is 0 Å². The third-order valence-corrected chi connectivity index (χ3v) is 5.17. The molecule has 102 valence electrons. The van der Waals surface area contributed by atoms with Gasteiger partial charge in [0.15, 0.2) is 0 Å². The molecular formula is C14H17BrN2S2. The quantitative estimate of drug-likeness (QED) is 0.751. The van der Waals surface area contributed by atoms with Crippen molar-refractivity contribution in [3.05, 3.63) is 45.3 Å². The first-order chi connectivity index (χ1) is 9.28. The summed E-state index contributed by atoms with van der Waals surface area (Å²) in [5.74, 6) is 1.06. The minimum Gasteiger partial charge on any atom is -0.313 e. The van der Waals surface area contributed by atoms with Gasteiger partial charge in [0.2, 0.25) is 0 Å². The molecule has 1 aromatic carbocycles. The van der Waals surface area contributed by atoms with Crippen LogP contribution in [-0.2, 0) is 6.42 Å². The van der Waals surface area contributed by atoms with E-state index in [1.54, 1.807) is 11.3 Å². The van der Waals surface area contributed by atoms with Gasteiger partial charge in [-0.1, -0.05) is 22.9 Å². The van der Waals surface area contributed by atoms with Gasteiger partial charge >= 0.3 is 0 Å². The molecular weight excluding hydrogens is 340 g/mol. The monoisotopic (exact) mass is 356 g/mol. The number of hydrogen-bond acceptors (Lipinski definition) is 4. The molecule has 2 aromatic rings. The Labute approximate surface area is 131 Å². The van der Waals surface area contributed by atoms with Crippen LogP contribution < -0.4 is 5.32 Å². The number of thiazole rings is 1. The smallest absolute Gasteiger partial charge is 0.0940 e. The van der Waals surface area contributed by atoms with E-state index >= 15 is 0 Å². The molecule has 0 spiro atoms. The Bertz CT molecular complexity index is 471. The molecule has 1 heterocycles. The third kappa shape index (κ3) is 5.26. The van der Waals surface area contributed by atoms with Crippen LogP contribution in [0.2, 0.25) is 0 Å². The fourth-order valence-corrected chi connectivity index (χ4v) is 3.69. The lowest BCUT2D eigenvalue weighted by Gasteiger charge is -2.16. The Hall–Kier alpha value is -0.360. The second kappa shape index (κ2) is 8.04. The van der Waals surface area contributed by atoms with E-state index in [0.717, 1.165) is 23.2 Å². The van der Waals surface area contributed by atoms with Crippen LogP contribution in [0, 0.1) is 0 Å². The molecule has 5 heteroatoms. The van der Waals surface area contributed by atoms with Crippen molar-refractivity contribution < 1.29 is 0 Å². The number of likely N-dealkylation sites (N-methyl/N-ethyl adjacent to an activating group) is 1. The fraction of sp³-hybridized carbons (Fsp3) is 0.357. The molecule has 1 aromatic heterocycles. The summed E-state index contributed by atoms with van der Waals surface area (Å²) < 4.78 is 1.13. The highest BCUT2D eigenvalue weighted by atomic mass is 79.9. The number of nitrogens with zero attached hydrogens (tertiary/aromatic N) is 1. The van der Waals surface area contributed by atoms with Crippen molar-refractivity contribution in [2.24, 2.45) is 0 Å². The summed E-state index contributed by atoms with van der Waals surface area (Å²) in [5, 5.41) is 6.79. The van der Waals surface area contributed by atoms with Gasteiger partial charge in [-0.15, -0.1) is 23.1 Å². The molecule has 2 rings (SSSR count). The average Bonchev–Trinajstić information content (AvgIpc) is 2.91. The van der Waals surface area contributed by atoms with E-state index in [0.29, 0.717) is 6.04 Å². The summed E-state index contributed by atoms with van der Waals surface area (Å²) >= 11 is 7.09. The number of benzene rings is 1. The molecule has 0 aliphatic heterocycles. The van der Waals surface area contributed by atoms with Gasteiger partial charge in [-0.3, -0.25) is 0 Å². The lowest BCUT2D eigenvalue weighted by atomic mass is 10.2. The maximum absolute atomic E-state index is 4.37. The van der Waals surface area contributed by atoms with E-state index < -0.39 is 0 Å². The Kier molecular flexibility index (Phi) is 6.37. The maximum atomic E-state index is 4.37. The molecule has 0 amide bonds. The number of thioether (sulfide) groups is 1. The summed E-state index contributed by atoms with van der Waals surface area (Å²) in [4.78, 5) is 5.68. The van der Waals surface area contributed by atoms with Crippen LogP contribution in [-0.4, -0.2) is 23.3 Å². The van der Waals surface area contributed by atoms with Crippen molar-refractivity contribution in [3.8, 4) is 0 Å². The van der Waals surface area contributed by atoms with E-state index in [9.17, 15) is 0 Å². The van der Waals surface area contributed by atoms with Crippen LogP contribution in [0.3, 0.4) is 0 Å². The molecule has 1 atom stereocenters. The molecule has 0 aliphatic rings. The topological polar surface area (TPSA) is 24.9 Å². The molecule has 1 N–H and O–H groups in total. The van der Waals surface area contributed by atoms with Crippen LogP contribution in [0.1, 0.15) is 11.9 Å². The zero-order valence-electron chi connectivity index (χ0n) is 10.8. The molecule has 2 nitrogen and oxygen atoms in total. The van der Waals surface area contributed by atoms with Crippen LogP contribution >= 0.6 is 39.0 Å². The van der Waals surface area contributed by atoms with Gasteiger partial charge in [-0.2, -0.15) is 0 Å². The van der Waals surface area contributed by atoms with Crippen molar-refractivity contribution in [3.63, 3.8) is 0 Å². The van der Waals surface area contributed by atoms with Gasteiger partial charge in [0.1, 0.15) is 0 Å². The molecule has 0 aliphatic carbocycles. The number of nitrogens with one attached hydrogen (secondary N) is 1. The predicted octanol–water partition coefficient (Wildman–Crippen LogP) is 4.22. The van der Waals surface area contributed by atoms with E-state index in [-0.39, 0.29) is 0 Å². The molecule has 0 saturated heterocycles. The number of aromatic nitrogens is 1. The maximum Gasteiger partial charge on any atom is 0.0940 e. The molecule has 19 heavy (non-hydrogen) atoms. The lowest BCUT2D eigenvalue weighted by Crippen LogP contribution is -2.33. The van der Waals surface area contributed by atoms with Crippen LogP contribution in [0.5, 0.6) is 0 Å². The van der Waals surface area contributed by atoms with E-state index in [1.165, 1.54) is 9.90 Å². The molecule has 0 saturated carbocycles. The van der Waals surface area contributed by atoms with Crippen molar-refractivity contribution in [2.45, 2.75) is 24.3 Å². The van der Waals surface area contributed by atoms with E-state index in [2.05, 4.69) is 57.4 Å². The summed E-state index contributed by atoms with van der Waals surface area (Å²) in [7, 11) is 0. The first-order valence-corrected chi connectivity index (χ1v) is 8.94. The molecule has 0 fully saturated rings. The second-order valence-corrected chi connectivity index (χ2v) is 7.14. The highest BCUT2D eigenvalue weighted by Gasteiger charge is 2.10. The highest BCUT2D eigenvalue weighted by Crippen LogP contribution is 2.22. The first kappa shape index (κ1) is 15.0. The summed E-state index contributed by atoms with van der Waals surface area (Å²) in [5.41, 5.74) is 0. The predicted molar refractivity (Wildman–Crippen MR) is 88.1 cm³/mol. The van der Waals surface area contributed by atoms with Crippen molar-refractivity contribution in [2.75, 3.05) is 12.3 Å². The largest absolute Gasteiger partial charge is 0.313 e. The summed E-state index contributed by atoms with van der Waals surface area (Å²) in [6, 6.07) is 8.96.